The lowest BCUT2D eigenvalue weighted by atomic mass is 9.94. The topological polar surface area (TPSA) is 41.6 Å². The van der Waals surface area contributed by atoms with Crippen molar-refractivity contribution in [2.75, 3.05) is 20.1 Å². The van der Waals surface area contributed by atoms with Crippen molar-refractivity contribution >= 4 is 6.09 Å². The molecule has 2 rings (SSSR count). The van der Waals surface area contributed by atoms with Crippen LogP contribution >= 0.6 is 0 Å². The van der Waals surface area contributed by atoms with Crippen molar-refractivity contribution in [1.82, 2.24) is 10.2 Å². The van der Waals surface area contributed by atoms with E-state index in [-0.39, 0.29) is 6.09 Å². The van der Waals surface area contributed by atoms with E-state index >= 15 is 0 Å². The van der Waals surface area contributed by atoms with Gasteiger partial charge in [0.05, 0.1) is 0 Å². The minimum absolute atomic E-state index is 0.212. The van der Waals surface area contributed by atoms with E-state index in [9.17, 15) is 4.79 Å². The summed E-state index contributed by atoms with van der Waals surface area (Å²) in [5, 5.41) is 3.26. The highest BCUT2D eigenvalue weighted by atomic mass is 16.6. The highest BCUT2D eigenvalue weighted by Gasteiger charge is 2.28. The monoisotopic (exact) mass is 262 g/mol. The molecule has 0 spiro atoms. The molecular weight excluding hydrogens is 240 g/mol. The van der Waals surface area contributed by atoms with Crippen molar-refractivity contribution in [2.24, 2.45) is 5.92 Å². The largest absolute Gasteiger partial charge is 0.445 e. The number of likely N-dealkylation sites (tertiary alicyclic amines) is 1. The summed E-state index contributed by atoms with van der Waals surface area (Å²) in [6.07, 6.45) is 0.808. The Bertz CT molecular complexity index is 408. The Hall–Kier alpha value is -1.55. The number of likely N-dealkylation sites (N-methyl/N-ethyl adjacent to an activating group) is 1. The van der Waals surface area contributed by atoms with Crippen LogP contribution in [0.5, 0.6) is 0 Å². The highest BCUT2D eigenvalue weighted by Crippen LogP contribution is 2.17. The van der Waals surface area contributed by atoms with Gasteiger partial charge < -0.3 is 15.0 Å². The molecule has 0 radical (unpaired) electrons. The molecule has 1 amide bonds. The number of carbonyl (C=O) groups excluding carboxylic acids is 1. The van der Waals surface area contributed by atoms with Crippen molar-refractivity contribution < 1.29 is 9.53 Å². The maximum absolute atomic E-state index is 12.0. The number of benzene rings is 1. The lowest BCUT2D eigenvalue weighted by Gasteiger charge is -2.36. The first-order chi connectivity index (χ1) is 9.20. The molecule has 0 aromatic heterocycles. The zero-order valence-electron chi connectivity index (χ0n) is 11.6. The molecule has 0 saturated carbocycles. The molecule has 0 aliphatic carbocycles. The van der Waals surface area contributed by atoms with Crippen LogP contribution < -0.4 is 5.32 Å². The first kappa shape index (κ1) is 13.9. The molecular formula is C15H22N2O2. The second-order valence-corrected chi connectivity index (χ2v) is 5.15. The Morgan fingerprint density at radius 2 is 2.16 bits per heavy atom. The van der Waals surface area contributed by atoms with Gasteiger partial charge in [-0.05, 0) is 24.9 Å². The fourth-order valence-corrected chi connectivity index (χ4v) is 2.42. The maximum atomic E-state index is 12.0. The smallest absolute Gasteiger partial charge is 0.410 e. The number of hydrogen-bond donors (Lipinski definition) is 1. The Morgan fingerprint density at radius 1 is 1.42 bits per heavy atom. The summed E-state index contributed by atoms with van der Waals surface area (Å²) in [5.74, 6) is 0.600. The molecule has 1 heterocycles. The van der Waals surface area contributed by atoms with E-state index < -0.39 is 0 Å². The molecule has 4 heteroatoms. The zero-order chi connectivity index (χ0) is 13.7. The fourth-order valence-electron chi connectivity index (χ4n) is 2.42. The second kappa shape index (κ2) is 6.57. The van der Waals surface area contributed by atoms with Crippen LogP contribution in [0.2, 0.25) is 0 Å². The van der Waals surface area contributed by atoms with Crippen LogP contribution in [0, 0.1) is 5.92 Å². The van der Waals surface area contributed by atoms with E-state index in [0.717, 1.165) is 25.1 Å². The Labute approximate surface area is 114 Å². The molecule has 1 aromatic carbocycles. The second-order valence-electron chi connectivity index (χ2n) is 5.15. The summed E-state index contributed by atoms with van der Waals surface area (Å²) in [4.78, 5) is 13.8. The summed E-state index contributed by atoms with van der Waals surface area (Å²) in [5.41, 5.74) is 1.02. The van der Waals surface area contributed by atoms with Gasteiger partial charge in [0.1, 0.15) is 6.61 Å². The van der Waals surface area contributed by atoms with Gasteiger partial charge in [-0.1, -0.05) is 37.3 Å². The van der Waals surface area contributed by atoms with E-state index in [4.69, 9.17) is 4.74 Å². The van der Waals surface area contributed by atoms with Gasteiger partial charge in [0.15, 0.2) is 0 Å². The predicted molar refractivity (Wildman–Crippen MR) is 74.8 cm³/mol. The van der Waals surface area contributed by atoms with Gasteiger partial charge in [-0.15, -0.1) is 0 Å². The normalized spacial score (nSPS) is 23.2. The minimum atomic E-state index is -0.212. The summed E-state index contributed by atoms with van der Waals surface area (Å²) < 4.78 is 5.35. The van der Waals surface area contributed by atoms with Crippen molar-refractivity contribution in [3.63, 3.8) is 0 Å². The zero-order valence-corrected chi connectivity index (χ0v) is 11.6. The van der Waals surface area contributed by atoms with Gasteiger partial charge in [0, 0.05) is 19.1 Å². The lowest BCUT2D eigenvalue weighted by Crippen LogP contribution is -2.51. The maximum Gasteiger partial charge on any atom is 0.410 e. The average molecular weight is 262 g/mol. The Balaban J connectivity index is 1.83. The van der Waals surface area contributed by atoms with E-state index in [1.807, 2.05) is 37.4 Å². The minimum Gasteiger partial charge on any atom is -0.445 e. The molecule has 0 bridgehead atoms. The van der Waals surface area contributed by atoms with Gasteiger partial charge >= 0.3 is 6.09 Å². The third-order valence-corrected chi connectivity index (χ3v) is 3.79. The summed E-state index contributed by atoms with van der Waals surface area (Å²) in [6, 6.07) is 10.1. The van der Waals surface area contributed by atoms with Crippen LogP contribution in [0.1, 0.15) is 18.9 Å². The molecule has 4 nitrogen and oxygen atoms in total. The summed E-state index contributed by atoms with van der Waals surface area (Å²) >= 11 is 0. The third-order valence-electron chi connectivity index (χ3n) is 3.79. The Kier molecular flexibility index (Phi) is 4.80. The van der Waals surface area contributed by atoms with E-state index in [1.54, 1.807) is 4.90 Å². The van der Waals surface area contributed by atoms with Gasteiger partial charge in [-0.3, -0.25) is 0 Å². The number of nitrogens with one attached hydrogen (secondary N) is 1. The fraction of sp³-hybridized carbons (Fsp3) is 0.533. The number of carbonyl (C=O) groups is 1. The molecule has 1 saturated heterocycles. The van der Waals surface area contributed by atoms with Crippen molar-refractivity contribution in [3.05, 3.63) is 35.9 Å². The summed E-state index contributed by atoms with van der Waals surface area (Å²) in [7, 11) is 1.94. The van der Waals surface area contributed by atoms with Crippen LogP contribution in [-0.4, -0.2) is 37.2 Å². The number of amides is 1. The van der Waals surface area contributed by atoms with Crippen LogP contribution in [0.4, 0.5) is 4.79 Å². The number of hydrogen-bond acceptors (Lipinski definition) is 3. The molecule has 1 fully saturated rings. The molecule has 1 aromatic rings. The van der Waals surface area contributed by atoms with Crippen LogP contribution in [0.25, 0.3) is 0 Å². The first-order valence-electron chi connectivity index (χ1n) is 6.83. The standard InChI is InChI=1S/C15H22N2O2/c1-12-8-9-17(10-14(12)16-2)15(18)19-11-13-6-4-3-5-7-13/h3-7,12,14,16H,8-11H2,1-2H3/t12-,14+/m0/s1. The van der Waals surface area contributed by atoms with E-state index in [2.05, 4.69) is 12.2 Å². The number of piperidine rings is 1. The Morgan fingerprint density at radius 3 is 2.84 bits per heavy atom. The molecule has 0 unspecified atom stereocenters. The molecule has 1 aliphatic rings. The van der Waals surface area contributed by atoms with Crippen LogP contribution in [0.15, 0.2) is 30.3 Å². The van der Waals surface area contributed by atoms with Crippen LogP contribution in [0.3, 0.4) is 0 Å². The molecule has 1 aliphatic heterocycles. The van der Waals surface area contributed by atoms with Gasteiger partial charge in [-0.25, -0.2) is 4.79 Å². The third kappa shape index (κ3) is 3.70. The number of rotatable bonds is 3. The van der Waals surface area contributed by atoms with Gasteiger partial charge in [0.2, 0.25) is 0 Å². The van der Waals surface area contributed by atoms with Crippen molar-refractivity contribution in [2.45, 2.75) is 26.0 Å². The van der Waals surface area contributed by atoms with E-state index in [1.165, 1.54) is 0 Å². The quantitative estimate of drug-likeness (QED) is 0.908. The van der Waals surface area contributed by atoms with Gasteiger partial charge in [0.25, 0.3) is 0 Å². The lowest BCUT2D eigenvalue weighted by molar-refractivity contribution is 0.0752. The average Bonchev–Trinajstić information content (AvgIpc) is 2.46. The van der Waals surface area contributed by atoms with Crippen LogP contribution in [-0.2, 0) is 11.3 Å². The molecule has 104 valence electrons. The molecule has 19 heavy (non-hydrogen) atoms. The van der Waals surface area contributed by atoms with Gasteiger partial charge in [-0.2, -0.15) is 0 Å². The van der Waals surface area contributed by atoms with Crippen molar-refractivity contribution in [1.29, 1.82) is 0 Å². The summed E-state index contributed by atoms with van der Waals surface area (Å²) in [6.45, 7) is 4.07. The molecule has 2 atom stereocenters. The molecule has 1 N–H and O–H groups in total. The SMILES string of the molecule is CN[C@@H]1CN(C(=O)OCc2ccccc2)CC[C@@H]1C. The first-order valence-corrected chi connectivity index (χ1v) is 6.83. The highest BCUT2D eigenvalue weighted by molar-refractivity contribution is 5.67. The predicted octanol–water partition coefficient (Wildman–Crippen LogP) is 2.25. The van der Waals surface area contributed by atoms with E-state index in [0.29, 0.717) is 18.6 Å². The van der Waals surface area contributed by atoms with Crippen molar-refractivity contribution in [3.8, 4) is 0 Å². The number of nitrogens with zero attached hydrogens (tertiary/aromatic N) is 1. The number of ether oxygens (including phenoxy) is 1.